The lowest BCUT2D eigenvalue weighted by Gasteiger charge is -2.05. The highest BCUT2D eigenvalue weighted by Gasteiger charge is 1.98. The molecule has 0 saturated heterocycles. The van der Waals surface area contributed by atoms with Crippen LogP contribution < -0.4 is 16.8 Å². The lowest BCUT2D eigenvalue weighted by molar-refractivity contribution is 0.161. The van der Waals surface area contributed by atoms with Crippen molar-refractivity contribution in [2.45, 2.75) is 0 Å². The van der Waals surface area contributed by atoms with Crippen LogP contribution in [0.25, 0.3) is 0 Å². The number of hydrogen-bond acceptors (Lipinski definition) is 5. The summed E-state index contributed by atoms with van der Waals surface area (Å²) in [4.78, 5) is 14.6. The van der Waals surface area contributed by atoms with Crippen LogP contribution in [0.4, 0.5) is 10.6 Å². The van der Waals surface area contributed by atoms with E-state index in [1.54, 1.807) is 18.3 Å². The van der Waals surface area contributed by atoms with Gasteiger partial charge >= 0.3 is 6.09 Å². The predicted molar refractivity (Wildman–Crippen MR) is 64.1 cm³/mol. The number of aromatic nitrogens is 1. The third kappa shape index (κ3) is 4.09. The van der Waals surface area contributed by atoms with Crippen molar-refractivity contribution in [3.05, 3.63) is 23.9 Å². The molecule has 1 amide bonds. The summed E-state index contributed by atoms with van der Waals surface area (Å²) in [5.74, 6) is 0.646. The van der Waals surface area contributed by atoms with E-state index in [0.29, 0.717) is 22.9 Å². The van der Waals surface area contributed by atoms with E-state index in [4.69, 9.17) is 23.7 Å². The van der Waals surface area contributed by atoms with E-state index in [1.165, 1.54) is 0 Å². The van der Waals surface area contributed by atoms with Crippen LogP contribution in [-0.2, 0) is 4.74 Å². The summed E-state index contributed by atoms with van der Waals surface area (Å²) < 4.78 is 4.53. The van der Waals surface area contributed by atoms with Crippen LogP contribution in [0, 0.1) is 0 Å². The van der Waals surface area contributed by atoms with E-state index in [1.807, 2.05) is 0 Å². The summed E-state index contributed by atoms with van der Waals surface area (Å²) in [5, 5.41) is 2.94. The topological polar surface area (TPSA) is 103 Å². The molecule has 0 unspecified atom stereocenters. The Hall–Kier alpha value is -1.89. The Morgan fingerprint density at radius 3 is 2.75 bits per heavy atom. The summed E-state index contributed by atoms with van der Waals surface area (Å²) >= 11 is 4.79. The van der Waals surface area contributed by atoms with Crippen molar-refractivity contribution in [2.75, 3.05) is 18.5 Å². The number of pyridine rings is 1. The second-order valence-electron chi connectivity index (χ2n) is 2.89. The molecule has 0 spiro atoms. The number of carbonyl (C=O) groups is 1. The first kappa shape index (κ1) is 12.2. The van der Waals surface area contributed by atoms with Gasteiger partial charge in [-0.25, -0.2) is 9.78 Å². The minimum absolute atomic E-state index is 0.189. The Morgan fingerprint density at radius 1 is 1.50 bits per heavy atom. The van der Waals surface area contributed by atoms with Crippen molar-refractivity contribution in [2.24, 2.45) is 11.5 Å². The first-order valence-corrected chi connectivity index (χ1v) is 4.92. The smallest absolute Gasteiger partial charge is 0.404 e. The minimum Gasteiger partial charge on any atom is -0.448 e. The molecule has 1 aromatic heterocycles. The third-order valence-electron chi connectivity index (χ3n) is 1.70. The number of ether oxygens (including phenoxy) is 1. The van der Waals surface area contributed by atoms with Crippen molar-refractivity contribution < 1.29 is 9.53 Å². The minimum atomic E-state index is -0.793. The zero-order valence-electron chi connectivity index (χ0n) is 8.47. The average Bonchev–Trinajstić information content (AvgIpc) is 2.25. The fourth-order valence-corrected chi connectivity index (χ4v) is 1.10. The second-order valence-corrected chi connectivity index (χ2v) is 3.33. The molecular formula is C9H12N4O2S. The Labute approximate surface area is 98.0 Å². The van der Waals surface area contributed by atoms with Gasteiger partial charge in [0.05, 0.1) is 6.54 Å². The average molecular weight is 240 g/mol. The molecular weight excluding hydrogens is 228 g/mol. The maximum atomic E-state index is 10.3. The van der Waals surface area contributed by atoms with Gasteiger partial charge in [-0.2, -0.15) is 0 Å². The molecule has 6 nitrogen and oxygen atoms in total. The fraction of sp³-hybridized carbons (Fsp3) is 0.222. The third-order valence-corrected chi connectivity index (χ3v) is 1.94. The SMILES string of the molecule is NC(=O)OCCNc1ccc(C(N)=S)cn1. The van der Waals surface area contributed by atoms with E-state index in [-0.39, 0.29) is 6.61 Å². The van der Waals surface area contributed by atoms with Crippen LogP contribution in [-0.4, -0.2) is 29.2 Å². The van der Waals surface area contributed by atoms with E-state index in [9.17, 15) is 4.79 Å². The Bertz CT molecular complexity index is 380. The Balaban J connectivity index is 2.38. The van der Waals surface area contributed by atoms with E-state index >= 15 is 0 Å². The summed E-state index contributed by atoms with van der Waals surface area (Å²) in [6, 6.07) is 3.49. The highest BCUT2D eigenvalue weighted by Crippen LogP contribution is 2.04. The number of primary amides is 1. The van der Waals surface area contributed by atoms with Crippen LogP contribution in [0.5, 0.6) is 0 Å². The Kier molecular flexibility index (Phi) is 4.46. The van der Waals surface area contributed by atoms with Crippen molar-refractivity contribution in [1.29, 1.82) is 0 Å². The Morgan fingerprint density at radius 2 is 2.25 bits per heavy atom. The highest BCUT2D eigenvalue weighted by atomic mass is 32.1. The highest BCUT2D eigenvalue weighted by molar-refractivity contribution is 7.80. The number of rotatable bonds is 5. The summed E-state index contributed by atoms with van der Waals surface area (Å²) in [6.07, 6.45) is 0.776. The van der Waals surface area contributed by atoms with Gasteiger partial charge in [-0.3, -0.25) is 0 Å². The van der Waals surface area contributed by atoms with E-state index in [2.05, 4.69) is 15.0 Å². The molecule has 0 saturated carbocycles. The lowest BCUT2D eigenvalue weighted by atomic mass is 10.3. The van der Waals surface area contributed by atoms with Gasteiger partial charge in [-0.15, -0.1) is 0 Å². The zero-order valence-corrected chi connectivity index (χ0v) is 9.29. The lowest BCUT2D eigenvalue weighted by Crippen LogP contribution is -2.18. The van der Waals surface area contributed by atoms with Gasteiger partial charge in [0.1, 0.15) is 17.4 Å². The van der Waals surface area contributed by atoms with Crippen molar-refractivity contribution in [1.82, 2.24) is 4.98 Å². The molecule has 0 atom stereocenters. The van der Waals surface area contributed by atoms with Gasteiger partial charge in [0, 0.05) is 11.8 Å². The summed E-state index contributed by atoms with van der Waals surface area (Å²) in [6.45, 7) is 0.621. The molecule has 16 heavy (non-hydrogen) atoms. The molecule has 7 heteroatoms. The van der Waals surface area contributed by atoms with Crippen molar-refractivity contribution in [3.8, 4) is 0 Å². The predicted octanol–water partition coefficient (Wildman–Crippen LogP) is 0.223. The van der Waals surface area contributed by atoms with Gasteiger partial charge in [-0.1, -0.05) is 12.2 Å². The number of thiocarbonyl (C=S) groups is 1. The van der Waals surface area contributed by atoms with Gasteiger partial charge in [0.15, 0.2) is 0 Å². The molecule has 1 aromatic rings. The van der Waals surface area contributed by atoms with E-state index in [0.717, 1.165) is 0 Å². The molecule has 0 aliphatic heterocycles. The largest absolute Gasteiger partial charge is 0.448 e. The molecule has 86 valence electrons. The quantitative estimate of drug-likeness (QED) is 0.502. The molecule has 5 N–H and O–H groups in total. The van der Waals surface area contributed by atoms with Crippen LogP contribution in [0.1, 0.15) is 5.56 Å². The monoisotopic (exact) mass is 240 g/mol. The molecule has 1 heterocycles. The van der Waals surface area contributed by atoms with Crippen LogP contribution >= 0.6 is 12.2 Å². The number of nitrogens with two attached hydrogens (primary N) is 2. The maximum Gasteiger partial charge on any atom is 0.404 e. The van der Waals surface area contributed by atoms with Gasteiger partial charge in [0.25, 0.3) is 0 Å². The first-order valence-electron chi connectivity index (χ1n) is 4.51. The normalized spacial score (nSPS) is 9.50. The summed E-state index contributed by atoms with van der Waals surface area (Å²) in [5.41, 5.74) is 10.9. The molecule has 0 aliphatic rings. The van der Waals surface area contributed by atoms with Crippen LogP contribution in [0.3, 0.4) is 0 Å². The van der Waals surface area contributed by atoms with Gasteiger partial charge < -0.3 is 21.5 Å². The number of nitrogens with one attached hydrogen (secondary N) is 1. The number of nitrogens with zero attached hydrogens (tertiary/aromatic N) is 1. The molecule has 0 bridgehead atoms. The van der Waals surface area contributed by atoms with Crippen LogP contribution in [0.2, 0.25) is 0 Å². The van der Waals surface area contributed by atoms with E-state index < -0.39 is 6.09 Å². The second kappa shape index (κ2) is 5.86. The maximum absolute atomic E-state index is 10.3. The van der Waals surface area contributed by atoms with Crippen molar-refractivity contribution in [3.63, 3.8) is 0 Å². The number of carbonyl (C=O) groups excluding carboxylic acids is 1. The molecule has 0 radical (unpaired) electrons. The standard InChI is InChI=1S/C9H12N4O2S/c10-8(16)6-1-2-7(13-5-6)12-3-4-15-9(11)14/h1-2,5H,3-4H2,(H2,10,16)(H2,11,14)(H,12,13). The van der Waals surface area contributed by atoms with Gasteiger partial charge in [0.2, 0.25) is 0 Å². The zero-order chi connectivity index (χ0) is 12.0. The molecule has 0 aromatic carbocycles. The number of amides is 1. The number of anilines is 1. The molecule has 1 rings (SSSR count). The molecule has 0 fully saturated rings. The van der Waals surface area contributed by atoms with Crippen molar-refractivity contribution >= 4 is 29.1 Å². The summed E-state index contributed by atoms with van der Waals surface area (Å²) in [7, 11) is 0. The molecule has 0 aliphatic carbocycles. The fourth-order valence-electron chi connectivity index (χ4n) is 0.975. The van der Waals surface area contributed by atoms with Gasteiger partial charge in [-0.05, 0) is 12.1 Å². The number of hydrogen-bond donors (Lipinski definition) is 3. The van der Waals surface area contributed by atoms with Crippen LogP contribution in [0.15, 0.2) is 18.3 Å². The first-order chi connectivity index (χ1) is 7.59.